The molecule has 0 saturated carbocycles. The van der Waals surface area contributed by atoms with Gasteiger partial charge in [-0.2, -0.15) is 0 Å². The summed E-state index contributed by atoms with van der Waals surface area (Å²) in [6.45, 7) is 10.6. The van der Waals surface area contributed by atoms with E-state index in [1.165, 1.54) is 20.6 Å². The summed E-state index contributed by atoms with van der Waals surface area (Å²) in [4.78, 5) is 13.1. The molecule has 0 atom stereocenters. The molecule has 0 aromatic heterocycles. The number of fused-ring (bicyclic) bond motifs is 2. The highest BCUT2D eigenvalue weighted by Crippen LogP contribution is 2.31. The fourth-order valence-electron chi connectivity index (χ4n) is 3.58. The average molecular weight is 507 g/mol. The van der Waals surface area contributed by atoms with E-state index in [-0.39, 0.29) is 17.0 Å². The second-order valence-corrected chi connectivity index (χ2v) is 9.37. The summed E-state index contributed by atoms with van der Waals surface area (Å²) in [6.07, 6.45) is 0. The number of aromatic nitrogens is 1. The summed E-state index contributed by atoms with van der Waals surface area (Å²) in [5.74, 6) is 0. The Balaban J connectivity index is 0.00000341. The maximum absolute atomic E-state index is 4.94. The highest BCUT2D eigenvalue weighted by molar-refractivity contribution is 7.21. The van der Waals surface area contributed by atoms with Crippen LogP contribution in [0.3, 0.4) is 0 Å². The molecule has 1 heterocycles. The summed E-state index contributed by atoms with van der Waals surface area (Å²) in [5, 5.41) is 1.28. The van der Waals surface area contributed by atoms with E-state index in [2.05, 4.69) is 97.7 Å². The summed E-state index contributed by atoms with van der Waals surface area (Å²) in [5.41, 5.74) is 3.43. The van der Waals surface area contributed by atoms with Crippen molar-refractivity contribution in [2.75, 3.05) is 72.4 Å². The monoisotopic (exact) mass is 505 g/mol. The Kier molecular flexibility index (Phi) is 9.88. The van der Waals surface area contributed by atoms with Crippen LogP contribution in [0.1, 0.15) is 13.8 Å². The normalized spacial score (nSPS) is 12.5. The minimum Gasteiger partial charge on any atom is -1.00 e. The van der Waals surface area contributed by atoms with Crippen LogP contribution in [-0.2, 0) is 0 Å². The first-order chi connectivity index (χ1) is 14.4. The molecule has 0 unspecified atom stereocenters. The van der Waals surface area contributed by atoms with Gasteiger partial charge in [0.1, 0.15) is 6.54 Å². The summed E-state index contributed by atoms with van der Waals surface area (Å²) >= 11 is 1.85. The quantitative estimate of drug-likeness (QED) is 0.305. The Morgan fingerprint density at radius 1 is 0.903 bits per heavy atom. The third-order valence-electron chi connectivity index (χ3n) is 5.48. The van der Waals surface area contributed by atoms with E-state index in [1.54, 1.807) is 0 Å². The first-order valence-corrected chi connectivity index (χ1v) is 11.7. The first-order valence-electron chi connectivity index (χ1n) is 10.9. The fourth-order valence-corrected chi connectivity index (χ4v) is 4.61. The topological polar surface area (TPSA) is 25.6 Å². The maximum Gasteiger partial charge on any atom is 0.201 e. The van der Waals surface area contributed by atoms with Crippen LogP contribution in [0.2, 0.25) is 0 Å². The maximum atomic E-state index is 4.94. The predicted molar refractivity (Wildman–Crippen MR) is 132 cm³/mol. The Hall–Kier alpha value is -1.54. The summed E-state index contributed by atoms with van der Waals surface area (Å²) < 4.78 is 3.68. The van der Waals surface area contributed by atoms with Crippen molar-refractivity contribution >= 4 is 27.2 Å². The molecule has 0 radical (unpaired) electrons. The van der Waals surface area contributed by atoms with Crippen molar-refractivity contribution < 1.29 is 17.0 Å². The minimum atomic E-state index is 0. The van der Waals surface area contributed by atoms with Crippen LogP contribution in [0.15, 0.2) is 36.4 Å². The number of anilines is 1. The van der Waals surface area contributed by atoms with E-state index in [4.69, 9.17) is 4.98 Å². The zero-order chi connectivity index (χ0) is 21.7. The van der Waals surface area contributed by atoms with Gasteiger partial charge in [0.05, 0.1) is 27.3 Å². The molecule has 7 heteroatoms. The molecule has 0 fully saturated rings. The Morgan fingerprint density at radius 2 is 1.65 bits per heavy atom. The van der Waals surface area contributed by atoms with Crippen LogP contribution in [0.25, 0.3) is 20.8 Å². The molecule has 0 spiro atoms. The van der Waals surface area contributed by atoms with Gasteiger partial charge in [-0.15, -0.1) is 11.3 Å². The van der Waals surface area contributed by atoms with Crippen LogP contribution in [-0.4, -0.2) is 82.2 Å². The van der Waals surface area contributed by atoms with Crippen molar-refractivity contribution in [2.24, 2.45) is 0 Å². The third-order valence-corrected chi connectivity index (χ3v) is 6.57. The minimum absolute atomic E-state index is 0. The molecular weight excluding hydrogens is 470 g/mol. The first kappa shape index (κ1) is 25.7. The van der Waals surface area contributed by atoms with Crippen LogP contribution >= 0.6 is 11.3 Å². The lowest BCUT2D eigenvalue weighted by molar-refractivity contribution is -0.00000639. The molecule has 0 N–H and O–H groups in total. The molecule has 1 aliphatic carbocycles. The lowest BCUT2D eigenvalue weighted by atomic mass is 10.2. The lowest BCUT2D eigenvalue weighted by Gasteiger charge is -2.25. The van der Waals surface area contributed by atoms with Gasteiger partial charge in [0.25, 0.3) is 0 Å². The van der Waals surface area contributed by atoms with Crippen LogP contribution in [0.5, 0.6) is 0 Å². The highest BCUT2D eigenvalue weighted by Gasteiger charge is 2.13. The second kappa shape index (κ2) is 11.9. The lowest BCUT2D eigenvalue weighted by Crippen LogP contribution is -3.00. The fraction of sp³-hybridized carbons (Fsp3) is 0.500. The zero-order valence-electron chi connectivity index (χ0n) is 19.7. The summed E-state index contributed by atoms with van der Waals surface area (Å²) in [6, 6.07) is 13.4. The molecule has 1 aromatic carbocycles. The zero-order valence-corrected chi connectivity index (χ0v) is 22.1. The molecule has 0 saturated heterocycles. The number of nitrogens with zero attached hydrogens (tertiary/aromatic N) is 5. The molecule has 31 heavy (non-hydrogen) atoms. The highest BCUT2D eigenvalue weighted by atomic mass is 79.9. The molecule has 0 amide bonds. The van der Waals surface area contributed by atoms with Crippen molar-refractivity contribution in [3.63, 3.8) is 0 Å². The van der Waals surface area contributed by atoms with Crippen molar-refractivity contribution in [3.8, 4) is 10.6 Å². The number of hydrogen-bond donors (Lipinski definition) is 0. The average Bonchev–Trinajstić information content (AvgIpc) is 2.72. The van der Waals surface area contributed by atoms with Gasteiger partial charge in [-0.05, 0) is 66.3 Å². The standard InChI is InChI=1S/C24H36N5S.BrH/c1-7-28(15-13-26(3)4)19-9-11-21-23(17-19)30-24-18-20(10-12-22(24)25-21)29(8-2)16-14-27(5)6;/h9-12,17-18H,7-8,13-16H2,1-6H3;1H/q+1;/p-1. The van der Waals surface area contributed by atoms with Gasteiger partial charge >= 0.3 is 0 Å². The molecule has 3 rings (SSSR count). The van der Waals surface area contributed by atoms with E-state index in [0.717, 1.165) is 50.5 Å². The molecular formula is C24H36BrN5S. The Morgan fingerprint density at radius 3 is 2.29 bits per heavy atom. The van der Waals surface area contributed by atoms with Crippen molar-refractivity contribution in [2.45, 2.75) is 13.8 Å². The number of halogens is 1. The van der Waals surface area contributed by atoms with Gasteiger partial charge in [0.2, 0.25) is 5.36 Å². The van der Waals surface area contributed by atoms with Gasteiger partial charge in [-0.1, -0.05) is 0 Å². The molecule has 1 aromatic rings. The number of benzene rings is 2. The largest absolute Gasteiger partial charge is 1.00 e. The van der Waals surface area contributed by atoms with E-state index < -0.39 is 0 Å². The third kappa shape index (κ3) is 6.72. The predicted octanol–water partition coefficient (Wildman–Crippen LogP) is 0.147. The van der Waals surface area contributed by atoms with Gasteiger partial charge in [-0.3, -0.25) is 0 Å². The van der Waals surface area contributed by atoms with Crippen molar-refractivity contribution in [1.82, 2.24) is 19.4 Å². The Labute approximate surface area is 201 Å². The van der Waals surface area contributed by atoms with Crippen LogP contribution < -0.4 is 31.8 Å². The summed E-state index contributed by atoms with van der Waals surface area (Å²) in [7, 11) is 8.51. The van der Waals surface area contributed by atoms with E-state index in [1.807, 2.05) is 11.3 Å². The van der Waals surface area contributed by atoms with Gasteiger partial charge in [-0.25, -0.2) is 9.56 Å². The molecule has 0 bridgehead atoms. The van der Waals surface area contributed by atoms with Crippen LogP contribution in [0.4, 0.5) is 5.69 Å². The van der Waals surface area contributed by atoms with Crippen molar-refractivity contribution in [3.05, 3.63) is 41.8 Å². The molecule has 1 aliphatic heterocycles. The molecule has 2 aliphatic rings. The Bertz CT molecular complexity index is 1010. The smallest absolute Gasteiger partial charge is 0.201 e. The number of likely N-dealkylation sites (N-methyl/N-ethyl adjacent to an activating group) is 4. The number of hydrogen-bond acceptors (Lipinski definition) is 5. The second-order valence-electron chi connectivity index (χ2n) is 8.28. The van der Waals surface area contributed by atoms with Crippen molar-refractivity contribution in [1.29, 1.82) is 0 Å². The van der Waals surface area contributed by atoms with E-state index in [9.17, 15) is 0 Å². The van der Waals surface area contributed by atoms with E-state index in [0.29, 0.717) is 0 Å². The molecule has 5 nitrogen and oxygen atoms in total. The van der Waals surface area contributed by atoms with E-state index >= 15 is 0 Å². The van der Waals surface area contributed by atoms with Gasteiger partial charge < -0.3 is 31.7 Å². The van der Waals surface area contributed by atoms with Gasteiger partial charge in [0.15, 0.2) is 6.54 Å². The van der Waals surface area contributed by atoms with Crippen LogP contribution in [0, 0.1) is 0 Å². The molecule has 170 valence electrons. The number of rotatable bonds is 9. The SMILES string of the molecule is CCN(CCN(C)C)c1ccc2nc3ccc(=[N+](CC)CCN(C)C)cc-3sc2c1.[Br-]. The van der Waals surface area contributed by atoms with Gasteiger partial charge in [0, 0.05) is 37.5 Å².